The Morgan fingerprint density at radius 3 is 2.72 bits per heavy atom. The molecule has 2 aromatic carbocycles. The van der Waals surface area contributed by atoms with Gasteiger partial charge in [-0.3, -0.25) is 18.3 Å². The van der Waals surface area contributed by atoms with Crippen LogP contribution in [0.25, 0.3) is 11.1 Å². The summed E-state index contributed by atoms with van der Waals surface area (Å²) in [4.78, 5) is 11.9. The number of carbonyl (C=O) groups excluding carboxylic acids is 1. The Labute approximate surface area is 188 Å². The molecule has 2 N–H and O–H groups in total. The van der Waals surface area contributed by atoms with Gasteiger partial charge in [-0.2, -0.15) is 5.10 Å². The smallest absolute Gasteiger partial charge is 0.327 e. The number of phenolic OH excluding ortho intramolecular Hbond substituents is 1. The van der Waals surface area contributed by atoms with Gasteiger partial charge in [-0.05, 0) is 61.6 Å². The van der Waals surface area contributed by atoms with Gasteiger partial charge >= 0.3 is 5.97 Å². The van der Waals surface area contributed by atoms with E-state index in [-0.39, 0.29) is 24.3 Å². The van der Waals surface area contributed by atoms with Gasteiger partial charge in [-0.25, -0.2) is 4.21 Å². The molecule has 1 heterocycles. The number of rotatable bonds is 7. The topological polar surface area (TPSA) is 105 Å². The number of phenols is 1. The van der Waals surface area contributed by atoms with Crippen LogP contribution in [0.5, 0.6) is 5.75 Å². The number of hydrogen-bond donors (Lipinski definition) is 2. The molecule has 1 aromatic heterocycles. The van der Waals surface area contributed by atoms with Gasteiger partial charge < -0.3 is 9.84 Å². The van der Waals surface area contributed by atoms with Gasteiger partial charge in [0.1, 0.15) is 12.3 Å². The van der Waals surface area contributed by atoms with Gasteiger partial charge in [0.2, 0.25) is 0 Å². The van der Waals surface area contributed by atoms with Crippen molar-refractivity contribution in [3.05, 3.63) is 66.0 Å². The molecule has 2 atom stereocenters. The lowest BCUT2D eigenvalue weighted by molar-refractivity contribution is -0.144. The predicted molar refractivity (Wildman–Crippen MR) is 121 cm³/mol. The molecule has 168 valence electrons. The Morgan fingerprint density at radius 1 is 1.25 bits per heavy atom. The number of esters is 1. The summed E-state index contributed by atoms with van der Waals surface area (Å²) in [6, 6.07) is 13.9. The maximum absolute atomic E-state index is 12.4. The number of hydrogen-bond acceptors (Lipinski definition) is 5. The summed E-state index contributed by atoms with van der Waals surface area (Å²) < 4.78 is 30.7. The SMILES string of the molecule is CCOC(=O)Cn1ncc2c1CCCC2N(c1ccc(-c2cccc(O)c2)cc1)S(=O)O. The molecule has 0 radical (unpaired) electrons. The average Bonchev–Trinajstić information content (AvgIpc) is 3.18. The summed E-state index contributed by atoms with van der Waals surface area (Å²) in [5.74, 6) is -0.176. The predicted octanol–water partition coefficient (Wildman–Crippen LogP) is 3.84. The normalized spacial score (nSPS) is 16.2. The highest BCUT2D eigenvalue weighted by atomic mass is 32.2. The molecule has 3 aromatic rings. The van der Waals surface area contributed by atoms with E-state index in [2.05, 4.69) is 5.10 Å². The van der Waals surface area contributed by atoms with E-state index in [1.807, 2.05) is 18.2 Å². The van der Waals surface area contributed by atoms with Crippen LogP contribution in [-0.4, -0.2) is 36.2 Å². The number of nitrogens with zero attached hydrogens (tertiary/aromatic N) is 3. The van der Waals surface area contributed by atoms with Crippen molar-refractivity contribution in [1.29, 1.82) is 0 Å². The molecule has 8 nitrogen and oxygen atoms in total. The van der Waals surface area contributed by atoms with E-state index in [4.69, 9.17) is 4.74 Å². The largest absolute Gasteiger partial charge is 0.508 e. The zero-order chi connectivity index (χ0) is 22.7. The maximum atomic E-state index is 12.4. The Kier molecular flexibility index (Phi) is 6.57. The number of aromatic hydroxyl groups is 1. The third-order valence-corrected chi connectivity index (χ3v) is 6.37. The number of anilines is 1. The molecule has 0 aliphatic heterocycles. The Balaban J connectivity index is 1.62. The zero-order valence-corrected chi connectivity index (χ0v) is 18.5. The van der Waals surface area contributed by atoms with Gasteiger partial charge in [-0.15, -0.1) is 0 Å². The van der Waals surface area contributed by atoms with Crippen molar-refractivity contribution in [2.75, 3.05) is 10.9 Å². The number of benzene rings is 2. The van der Waals surface area contributed by atoms with Gasteiger partial charge in [-0.1, -0.05) is 24.3 Å². The van der Waals surface area contributed by atoms with Crippen molar-refractivity contribution in [2.24, 2.45) is 0 Å². The van der Waals surface area contributed by atoms with Crippen LogP contribution in [0.1, 0.15) is 37.1 Å². The van der Waals surface area contributed by atoms with Gasteiger partial charge in [0.05, 0.1) is 24.5 Å². The first-order valence-electron chi connectivity index (χ1n) is 10.5. The Hall–Kier alpha value is -3.17. The molecule has 0 bridgehead atoms. The molecule has 0 saturated carbocycles. The summed E-state index contributed by atoms with van der Waals surface area (Å²) in [7, 11) is 0. The summed E-state index contributed by atoms with van der Waals surface area (Å²) in [6.07, 6.45) is 3.92. The molecule has 0 spiro atoms. The Bertz CT molecular complexity index is 1130. The van der Waals surface area contributed by atoms with Crippen molar-refractivity contribution >= 4 is 22.9 Å². The van der Waals surface area contributed by atoms with Gasteiger partial charge in [0.15, 0.2) is 0 Å². The van der Waals surface area contributed by atoms with Gasteiger partial charge in [0.25, 0.3) is 11.3 Å². The Morgan fingerprint density at radius 2 is 2.03 bits per heavy atom. The molecule has 1 aliphatic rings. The average molecular weight is 456 g/mol. The minimum absolute atomic E-state index is 0.0245. The van der Waals surface area contributed by atoms with Crippen LogP contribution < -0.4 is 4.31 Å². The molecule has 9 heteroatoms. The quantitative estimate of drug-likeness (QED) is 0.414. The first-order chi connectivity index (χ1) is 15.5. The standard InChI is InChI=1S/C23H25N3O5S/c1-2-31-23(28)15-25-21-7-4-8-22(20(21)14-24-25)26(32(29)30)18-11-9-16(10-12-18)17-5-3-6-19(27)13-17/h3,5-6,9-14,22,27H,2,4,7-8,15H2,1H3,(H,29,30). The fourth-order valence-electron chi connectivity index (χ4n) is 4.17. The number of carbonyl (C=O) groups is 1. The second kappa shape index (κ2) is 9.54. The van der Waals surface area contributed by atoms with Gasteiger partial charge in [0, 0.05) is 11.3 Å². The van der Waals surface area contributed by atoms with E-state index in [9.17, 15) is 18.7 Å². The lowest BCUT2D eigenvalue weighted by Gasteiger charge is -2.33. The van der Waals surface area contributed by atoms with E-state index in [1.165, 1.54) is 4.31 Å². The fraction of sp³-hybridized carbons (Fsp3) is 0.304. The van der Waals surface area contributed by atoms with E-state index in [1.54, 1.807) is 48.1 Å². The molecule has 1 aliphatic carbocycles. The fourth-order valence-corrected chi connectivity index (χ4v) is 4.91. The second-order valence-electron chi connectivity index (χ2n) is 7.57. The molecule has 4 rings (SSSR count). The molecular formula is C23H25N3O5S. The van der Waals surface area contributed by atoms with E-state index in [0.717, 1.165) is 35.2 Å². The van der Waals surface area contributed by atoms with Crippen LogP contribution in [0, 0.1) is 0 Å². The van der Waals surface area contributed by atoms with Crippen LogP contribution in [0.15, 0.2) is 54.7 Å². The zero-order valence-electron chi connectivity index (χ0n) is 17.7. The molecule has 0 saturated heterocycles. The van der Waals surface area contributed by atoms with E-state index in [0.29, 0.717) is 18.7 Å². The lowest BCUT2D eigenvalue weighted by atomic mass is 9.92. The monoisotopic (exact) mass is 455 g/mol. The highest BCUT2D eigenvalue weighted by Crippen LogP contribution is 2.38. The number of ether oxygens (including phenoxy) is 1. The minimum Gasteiger partial charge on any atom is -0.508 e. The third-order valence-electron chi connectivity index (χ3n) is 5.57. The number of fused-ring (bicyclic) bond motifs is 1. The van der Waals surface area contributed by atoms with Crippen LogP contribution in [0.4, 0.5) is 5.69 Å². The highest BCUT2D eigenvalue weighted by molar-refractivity contribution is 7.80. The second-order valence-corrected chi connectivity index (χ2v) is 8.43. The third kappa shape index (κ3) is 4.53. The molecular weight excluding hydrogens is 430 g/mol. The van der Waals surface area contributed by atoms with E-state index < -0.39 is 11.3 Å². The molecule has 0 fully saturated rings. The summed E-state index contributed by atoms with van der Waals surface area (Å²) in [6.45, 7) is 2.09. The van der Waals surface area contributed by atoms with Crippen LogP contribution in [0.3, 0.4) is 0 Å². The molecule has 0 amide bonds. The van der Waals surface area contributed by atoms with Crippen LogP contribution in [-0.2, 0) is 33.8 Å². The number of aromatic nitrogens is 2. The van der Waals surface area contributed by atoms with Crippen molar-refractivity contribution in [3.8, 4) is 16.9 Å². The van der Waals surface area contributed by atoms with E-state index >= 15 is 0 Å². The van der Waals surface area contributed by atoms with Crippen molar-refractivity contribution in [2.45, 2.75) is 38.8 Å². The first-order valence-corrected chi connectivity index (χ1v) is 11.5. The van der Waals surface area contributed by atoms with Crippen molar-refractivity contribution < 1.29 is 23.4 Å². The van der Waals surface area contributed by atoms with Crippen LogP contribution >= 0.6 is 0 Å². The van der Waals surface area contributed by atoms with Crippen molar-refractivity contribution in [1.82, 2.24) is 9.78 Å². The van der Waals surface area contributed by atoms with Crippen LogP contribution in [0.2, 0.25) is 0 Å². The van der Waals surface area contributed by atoms with Crippen molar-refractivity contribution in [3.63, 3.8) is 0 Å². The summed E-state index contributed by atoms with van der Waals surface area (Å²) in [5, 5.41) is 14.1. The highest BCUT2D eigenvalue weighted by Gasteiger charge is 2.32. The first kappa shape index (κ1) is 22.0. The molecule has 2 unspecified atom stereocenters. The maximum Gasteiger partial charge on any atom is 0.327 e. The summed E-state index contributed by atoms with van der Waals surface area (Å²) >= 11 is -2.25. The minimum atomic E-state index is -2.25. The summed E-state index contributed by atoms with van der Waals surface area (Å²) in [5.41, 5.74) is 4.08. The molecule has 32 heavy (non-hydrogen) atoms. The lowest BCUT2D eigenvalue weighted by Crippen LogP contribution is -2.33.